The zero-order valence-corrected chi connectivity index (χ0v) is 10.7. The Kier molecular flexibility index (Phi) is 3.99. The van der Waals surface area contributed by atoms with Gasteiger partial charge < -0.3 is 9.47 Å². The molecule has 16 heavy (non-hydrogen) atoms. The van der Waals surface area contributed by atoms with Crippen molar-refractivity contribution in [3.05, 3.63) is 29.8 Å². The van der Waals surface area contributed by atoms with Gasteiger partial charge in [0.05, 0.1) is 14.2 Å². The first-order valence-electron chi connectivity index (χ1n) is 5.37. The Hall–Kier alpha value is -1.44. The van der Waals surface area contributed by atoms with Crippen molar-refractivity contribution in [3.8, 4) is 11.5 Å². The molecular formula is C14H20O2. The van der Waals surface area contributed by atoms with Crippen LogP contribution in [0.2, 0.25) is 0 Å². The molecule has 0 saturated carbocycles. The van der Waals surface area contributed by atoms with Gasteiger partial charge in [-0.05, 0) is 23.1 Å². The first kappa shape index (κ1) is 12.6. The second-order valence-electron chi connectivity index (χ2n) is 4.81. The van der Waals surface area contributed by atoms with Crippen molar-refractivity contribution in [1.82, 2.24) is 0 Å². The van der Waals surface area contributed by atoms with Crippen molar-refractivity contribution >= 4 is 6.08 Å². The highest BCUT2D eigenvalue weighted by molar-refractivity contribution is 5.56. The molecule has 0 amide bonds. The van der Waals surface area contributed by atoms with Crippen molar-refractivity contribution in [2.75, 3.05) is 14.2 Å². The maximum absolute atomic E-state index is 5.25. The molecule has 0 heterocycles. The molecule has 0 fully saturated rings. The summed E-state index contributed by atoms with van der Waals surface area (Å²) in [6, 6.07) is 5.91. The summed E-state index contributed by atoms with van der Waals surface area (Å²) >= 11 is 0. The molecule has 1 rings (SSSR count). The van der Waals surface area contributed by atoms with Crippen LogP contribution < -0.4 is 9.47 Å². The lowest BCUT2D eigenvalue weighted by Gasteiger charge is -2.12. The highest BCUT2D eigenvalue weighted by Gasteiger charge is 2.05. The monoisotopic (exact) mass is 220 g/mol. The van der Waals surface area contributed by atoms with E-state index in [0.717, 1.165) is 17.1 Å². The molecule has 0 aliphatic carbocycles. The zero-order chi connectivity index (χ0) is 12.2. The minimum absolute atomic E-state index is 0.188. The summed E-state index contributed by atoms with van der Waals surface area (Å²) in [7, 11) is 3.29. The van der Waals surface area contributed by atoms with Crippen molar-refractivity contribution in [3.63, 3.8) is 0 Å². The highest BCUT2D eigenvalue weighted by Crippen LogP contribution is 2.28. The van der Waals surface area contributed by atoms with Gasteiger partial charge in [0.2, 0.25) is 0 Å². The molecule has 0 radical (unpaired) electrons. The fourth-order valence-electron chi connectivity index (χ4n) is 1.30. The summed E-state index contributed by atoms with van der Waals surface area (Å²) in [6.45, 7) is 6.51. The van der Waals surface area contributed by atoms with Gasteiger partial charge in [-0.15, -0.1) is 0 Å². The SMILES string of the molecule is COc1ccc(/C=C/C(C)(C)C)cc1OC. The molecule has 0 unspecified atom stereocenters. The van der Waals surface area contributed by atoms with Gasteiger partial charge in [0.25, 0.3) is 0 Å². The Morgan fingerprint density at radius 2 is 1.62 bits per heavy atom. The van der Waals surface area contributed by atoms with Crippen molar-refractivity contribution in [2.24, 2.45) is 5.41 Å². The van der Waals surface area contributed by atoms with Crippen LogP contribution >= 0.6 is 0 Å². The number of allylic oxidation sites excluding steroid dienone is 1. The number of methoxy groups -OCH3 is 2. The van der Waals surface area contributed by atoms with Gasteiger partial charge in [-0.25, -0.2) is 0 Å². The van der Waals surface area contributed by atoms with Crippen molar-refractivity contribution in [2.45, 2.75) is 20.8 Å². The largest absolute Gasteiger partial charge is 0.493 e. The van der Waals surface area contributed by atoms with E-state index in [0.29, 0.717) is 0 Å². The van der Waals surface area contributed by atoms with Gasteiger partial charge in [-0.1, -0.05) is 39.0 Å². The van der Waals surface area contributed by atoms with Gasteiger partial charge in [-0.2, -0.15) is 0 Å². The Bertz CT molecular complexity index is 373. The van der Waals surface area contributed by atoms with Crippen LogP contribution in [0.3, 0.4) is 0 Å². The van der Waals surface area contributed by atoms with Crippen LogP contribution in [0.25, 0.3) is 6.08 Å². The van der Waals surface area contributed by atoms with Crippen LogP contribution in [-0.2, 0) is 0 Å². The van der Waals surface area contributed by atoms with E-state index in [4.69, 9.17) is 9.47 Å². The Morgan fingerprint density at radius 3 is 2.12 bits per heavy atom. The fraction of sp³-hybridized carbons (Fsp3) is 0.429. The summed E-state index contributed by atoms with van der Waals surface area (Å²) in [6.07, 6.45) is 4.27. The Labute approximate surface area is 97.9 Å². The summed E-state index contributed by atoms with van der Waals surface area (Å²) in [5, 5.41) is 0. The molecule has 2 nitrogen and oxygen atoms in total. The van der Waals surface area contributed by atoms with Crippen LogP contribution in [-0.4, -0.2) is 14.2 Å². The third-order valence-corrected chi connectivity index (χ3v) is 2.18. The molecule has 0 saturated heterocycles. The summed E-state index contributed by atoms with van der Waals surface area (Å²) < 4.78 is 10.4. The molecule has 0 atom stereocenters. The lowest BCUT2D eigenvalue weighted by atomic mass is 9.95. The molecule has 0 spiro atoms. The lowest BCUT2D eigenvalue weighted by Crippen LogP contribution is -1.98. The molecule has 0 bridgehead atoms. The maximum atomic E-state index is 5.25. The second kappa shape index (κ2) is 5.06. The molecule has 0 N–H and O–H groups in total. The normalized spacial score (nSPS) is 11.8. The number of benzene rings is 1. The summed E-state index contributed by atoms with van der Waals surface area (Å²) in [5.41, 5.74) is 1.31. The van der Waals surface area contributed by atoms with Crippen LogP contribution in [0.15, 0.2) is 24.3 Å². The third kappa shape index (κ3) is 3.61. The van der Waals surface area contributed by atoms with Crippen LogP contribution in [0.5, 0.6) is 11.5 Å². The van der Waals surface area contributed by atoms with Crippen LogP contribution in [0, 0.1) is 5.41 Å². The smallest absolute Gasteiger partial charge is 0.161 e. The average Bonchev–Trinajstić information content (AvgIpc) is 2.25. The predicted octanol–water partition coefficient (Wildman–Crippen LogP) is 3.76. The number of hydrogen-bond acceptors (Lipinski definition) is 2. The Balaban J connectivity index is 2.96. The molecule has 2 heteroatoms. The van der Waals surface area contributed by atoms with E-state index < -0.39 is 0 Å². The summed E-state index contributed by atoms with van der Waals surface area (Å²) in [4.78, 5) is 0. The molecule has 1 aromatic carbocycles. The molecule has 0 aromatic heterocycles. The van der Waals surface area contributed by atoms with Gasteiger partial charge in [0, 0.05) is 0 Å². The minimum atomic E-state index is 0.188. The maximum Gasteiger partial charge on any atom is 0.161 e. The lowest BCUT2D eigenvalue weighted by molar-refractivity contribution is 0.355. The van der Waals surface area contributed by atoms with E-state index in [9.17, 15) is 0 Å². The number of rotatable bonds is 3. The number of hydrogen-bond donors (Lipinski definition) is 0. The average molecular weight is 220 g/mol. The Morgan fingerprint density at radius 1 is 1.00 bits per heavy atom. The van der Waals surface area contributed by atoms with E-state index in [2.05, 4.69) is 32.9 Å². The van der Waals surface area contributed by atoms with Crippen LogP contribution in [0.4, 0.5) is 0 Å². The molecule has 0 aliphatic rings. The minimum Gasteiger partial charge on any atom is -0.493 e. The third-order valence-electron chi connectivity index (χ3n) is 2.18. The quantitative estimate of drug-likeness (QED) is 0.772. The summed E-state index contributed by atoms with van der Waals surface area (Å²) in [5.74, 6) is 1.52. The van der Waals surface area contributed by atoms with E-state index in [1.165, 1.54) is 0 Å². The van der Waals surface area contributed by atoms with Gasteiger partial charge in [-0.3, -0.25) is 0 Å². The fourth-order valence-corrected chi connectivity index (χ4v) is 1.30. The molecule has 0 aliphatic heterocycles. The first-order valence-corrected chi connectivity index (χ1v) is 5.37. The second-order valence-corrected chi connectivity index (χ2v) is 4.81. The predicted molar refractivity (Wildman–Crippen MR) is 68.0 cm³/mol. The van der Waals surface area contributed by atoms with E-state index >= 15 is 0 Å². The van der Waals surface area contributed by atoms with E-state index in [1.54, 1.807) is 14.2 Å². The molecule has 88 valence electrons. The van der Waals surface area contributed by atoms with E-state index in [-0.39, 0.29) is 5.41 Å². The van der Waals surface area contributed by atoms with Gasteiger partial charge >= 0.3 is 0 Å². The zero-order valence-electron chi connectivity index (χ0n) is 10.7. The number of ether oxygens (including phenoxy) is 2. The highest BCUT2D eigenvalue weighted by atomic mass is 16.5. The topological polar surface area (TPSA) is 18.5 Å². The first-order chi connectivity index (χ1) is 7.46. The van der Waals surface area contributed by atoms with Crippen molar-refractivity contribution in [1.29, 1.82) is 0 Å². The molecule has 1 aromatic rings. The van der Waals surface area contributed by atoms with Gasteiger partial charge in [0.1, 0.15) is 0 Å². The standard InChI is InChI=1S/C14H20O2/c1-14(2,3)9-8-11-6-7-12(15-4)13(10-11)16-5/h6-10H,1-5H3/b9-8+. The van der Waals surface area contributed by atoms with Gasteiger partial charge in [0.15, 0.2) is 11.5 Å². The van der Waals surface area contributed by atoms with E-state index in [1.807, 2.05) is 18.2 Å². The van der Waals surface area contributed by atoms with Crippen molar-refractivity contribution < 1.29 is 9.47 Å². The molecular weight excluding hydrogens is 200 g/mol. The van der Waals surface area contributed by atoms with Crippen LogP contribution in [0.1, 0.15) is 26.3 Å².